The smallest absolute Gasteiger partial charge is 0.261 e. The third-order valence-corrected chi connectivity index (χ3v) is 6.67. The lowest BCUT2D eigenvalue weighted by molar-refractivity contribution is 0.102. The second kappa shape index (κ2) is 9.09. The lowest BCUT2D eigenvalue weighted by atomic mass is 10.2. The molecule has 9 heteroatoms. The van der Waals surface area contributed by atoms with Gasteiger partial charge in [-0.05, 0) is 60.9 Å². The van der Waals surface area contributed by atoms with E-state index < -0.39 is 10.0 Å². The van der Waals surface area contributed by atoms with Gasteiger partial charge in [0.2, 0.25) is 0 Å². The SMILES string of the molecule is CSc1ccccc1C(=O)Nc1ccc(S(=O)(=O)Nc2ccc(Cl)cc2Cl)cc1. The van der Waals surface area contributed by atoms with Crippen molar-refractivity contribution in [2.75, 3.05) is 16.3 Å². The molecule has 3 rings (SSSR count). The Hall–Kier alpha value is -2.19. The Morgan fingerprint density at radius 3 is 2.31 bits per heavy atom. The highest BCUT2D eigenvalue weighted by atomic mass is 35.5. The molecule has 0 fully saturated rings. The van der Waals surface area contributed by atoms with Crippen molar-refractivity contribution in [1.82, 2.24) is 0 Å². The van der Waals surface area contributed by atoms with Gasteiger partial charge in [-0.1, -0.05) is 35.3 Å². The number of hydrogen-bond acceptors (Lipinski definition) is 4. The molecule has 1 amide bonds. The number of anilines is 2. The molecule has 0 spiro atoms. The van der Waals surface area contributed by atoms with E-state index in [4.69, 9.17) is 23.2 Å². The average molecular weight is 467 g/mol. The summed E-state index contributed by atoms with van der Waals surface area (Å²) < 4.78 is 27.6. The van der Waals surface area contributed by atoms with E-state index in [1.165, 1.54) is 54.2 Å². The first-order valence-corrected chi connectivity index (χ1v) is 11.8. The lowest BCUT2D eigenvalue weighted by Crippen LogP contribution is -2.15. The van der Waals surface area contributed by atoms with E-state index in [9.17, 15) is 13.2 Å². The van der Waals surface area contributed by atoms with Crippen LogP contribution in [0.25, 0.3) is 0 Å². The molecule has 3 aromatic rings. The molecular weight excluding hydrogens is 451 g/mol. The monoisotopic (exact) mass is 466 g/mol. The normalized spacial score (nSPS) is 11.1. The molecule has 0 aliphatic carbocycles. The van der Waals surface area contributed by atoms with Crippen LogP contribution in [0.5, 0.6) is 0 Å². The molecule has 0 atom stereocenters. The van der Waals surface area contributed by atoms with Gasteiger partial charge in [0.1, 0.15) is 0 Å². The minimum Gasteiger partial charge on any atom is -0.322 e. The van der Waals surface area contributed by atoms with Crippen LogP contribution in [0, 0.1) is 0 Å². The van der Waals surface area contributed by atoms with Crippen LogP contribution in [-0.4, -0.2) is 20.6 Å². The minimum absolute atomic E-state index is 0.0334. The second-order valence-electron chi connectivity index (χ2n) is 5.91. The van der Waals surface area contributed by atoms with Crippen molar-refractivity contribution in [3.8, 4) is 0 Å². The molecule has 5 nitrogen and oxygen atoms in total. The molecule has 0 aliphatic rings. The summed E-state index contributed by atoms with van der Waals surface area (Å²) in [5.74, 6) is -0.267. The van der Waals surface area contributed by atoms with Crippen LogP contribution >= 0.6 is 35.0 Å². The van der Waals surface area contributed by atoms with Crippen LogP contribution in [-0.2, 0) is 10.0 Å². The summed E-state index contributed by atoms with van der Waals surface area (Å²) in [7, 11) is -3.85. The summed E-state index contributed by atoms with van der Waals surface area (Å²) >= 11 is 13.3. The van der Waals surface area contributed by atoms with Crippen LogP contribution < -0.4 is 10.0 Å². The standard InChI is InChI=1S/C20H16Cl2N2O3S2/c1-28-19-5-3-2-4-16(19)20(25)23-14-7-9-15(10-8-14)29(26,27)24-18-11-6-13(21)12-17(18)22/h2-12,24H,1H3,(H,23,25). The Balaban J connectivity index is 1.76. The topological polar surface area (TPSA) is 75.3 Å². The van der Waals surface area contributed by atoms with Gasteiger partial charge < -0.3 is 5.32 Å². The van der Waals surface area contributed by atoms with Gasteiger partial charge in [-0.2, -0.15) is 0 Å². The summed E-state index contributed by atoms with van der Waals surface area (Å²) in [4.78, 5) is 13.4. The minimum atomic E-state index is -3.85. The zero-order valence-electron chi connectivity index (χ0n) is 15.1. The van der Waals surface area contributed by atoms with Crippen LogP contribution in [0.3, 0.4) is 0 Å². The maximum absolute atomic E-state index is 12.6. The zero-order chi connectivity index (χ0) is 21.0. The Labute approximate surface area is 183 Å². The van der Waals surface area contributed by atoms with Crippen molar-refractivity contribution in [3.05, 3.63) is 82.3 Å². The molecule has 0 radical (unpaired) electrons. The van der Waals surface area contributed by atoms with Gasteiger partial charge in [0.25, 0.3) is 15.9 Å². The Morgan fingerprint density at radius 1 is 0.966 bits per heavy atom. The van der Waals surface area contributed by atoms with Crippen molar-refractivity contribution in [1.29, 1.82) is 0 Å². The molecule has 0 heterocycles. The van der Waals surface area contributed by atoms with E-state index in [-0.39, 0.29) is 21.5 Å². The molecule has 0 saturated heterocycles. The predicted octanol–water partition coefficient (Wildman–Crippen LogP) is 5.77. The van der Waals surface area contributed by atoms with Crippen LogP contribution in [0.15, 0.2) is 76.5 Å². The molecule has 2 N–H and O–H groups in total. The first-order chi connectivity index (χ1) is 13.8. The highest BCUT2D eigenvalue weighted by molar-refractivity contribution is 7.98. The highest BCUT2D eigenvalue weighted by Gasteiger charge is 2.17. The summed E-state index contributed by atoms with van der Waals surface area (Å²) in [6, 6.07) is 17.6. The number of hydrogen-bond donors (Lipinski definition) is 2. The fourth-order valence-electron chi connectivity index (χ4n) is 2.52. The van der Waals surface area contributed by atoms with E-state index in [2.05, 4.69) is 10.0 Å². The summed E-state index contributed by atoms with van der Waals surface area (Å²) in [5, 5.41) is 3.37. The summed E-state index contributed by atoms with van der Waals surface area (Å²) in [6.07, 6.45) is 1.89. The van der Waals surface area contributed by atoms with Gasteiger partial charge >= 0.3 is 0 Å². The number of benzene rings is 3. The molecule has 29 heavy (non-hydrogen) atoms. The molecule has 0 bridgehead atoms. The second-order valence-corrected chi connectivity index (χ2v) is 9.28. The summed E-state index contributed by atoms with van der Waals surface area (Å²) in [5.41, 5.74) is 1.26. The Kier molecular flexibility index (Phi) is 6.74. The first-order valence-electron chi connectivity index (χ1n) is 8.32. The number of amides is 1. The number of thioether (sulfide) groups is 1. The van der Waals surface area contributed by atoms with Gasteiger partial charge in [0.05, 0.1) is 21.2 Å². The van der Waals surface area contributed by atoms with Gasteiger partial charge in [-0.3, -0.25) is 9.52 Å². The Morgan fingerprint density at radius 2 is 1.66 bits per heavy atom. The maximum atomic E-state index is 12.6. The Bertz CT molecular complexity index is 1150. The number of sulfonamides is 1. The summed E-state index contributed by atoms with van der Waals surface area (Å²) in [6.45, 7) is 0. The van der Waals surface area contributed by atoms with E-state index in [0.29, 0.717) is 16.3 Å². The van der Waals surface area contributed by atoms with E-state index in [1.807, 2.05) is 18.4 Å². The number of halogens is 2. The predicted molar refractivity (Wildman–Crippen MR) is 120 cm³/mol. The molecule has 150 valence electrons. The van der Waals surface area contributed by atoms with Crippen LogP contribution in [0.2, 0.25) is 10.0 Å². The molecule has 0 saturated carbocycles. The highest BCUT2D eigenvalue weighted by Crippen LogP contribution is 2.28. The third-order valence-electron chi connectivity index (χ3n) is 3.95. The number of carbonyl (C=O) groups is 1. The maximum Gasteiger partial charge on any atom is 0.261 e. The lowest BCUT2D eigenvalue weighted by Gasteiger charge is -2.11. The third kappa shape index (κ3) is 5.25. The molecule has 3 aromatic carbocycles. The van der Waals surface area contributed by atoms with Crippen molar-refractivity contribution in [2.24, 2.45) is 0 Å². The van der Waals surface area contributed by atoms with Gasteiger partial charge in [0, 0.05) is 15.6 Å². The number of carbonyl (C=O) groups excluding carboxylic acids is 1. The van der Waals surface area contributed by atoms with Crippen molar-refractivity contribution >= 4 is 62.3 Å². The number of nitrogens with one attached hydrogen (secondary N) is 2. The first kappa shape index (κ1) is 21.5. The van der Waals surface area contributed by atoms with Gasteiger partial charge in [0.15, 0.2) is 0 Å². The largest absolute Gasteiger partial charge is 0.322 e. The van der Waals surface area contributed by atoms with Crippen LogP contribution in [0.1, 0.15) is 10.4 Å². The molecule has 0 aromatic heterocycles. The number of rotatable bonds is 6. The van der Waals surface area contributed by atoms with Crippen LogP contribution in [0.4, 0.5) is 11.4 Å². The van der Waals surface area contributed by atoms with E-state index in [0.717, 1.165) is 4.90 Å². The van der Waals surface area contributed by atoms with Gasteiger partial charge in [-0.25, -0.2) is 8.42 Å². The molecule has 0 aliphatic heterocycles. The fraction of sp³-hybridized carbons (Fsp3) is 0.0500. The van der Waals surface area contributed by atoms with E-state index >= 15 is 0 Å². The quantitative estimate of drug-likeness (QED) is 0.452. The van der Waals surface area contributed by atoms with Crippen molar-refractivity contribution in [2.45, 2.75) is 9.79 Å². The molecule has 0 unspecified atom stereocenters. The zero-order valence-corrected chi connectivity index (χ0v) is 18.3. The molecular formula is C20H16Cl2N2O3S2. The van der Waals surface area contributed by atoms with Crippen molar-refractivity contribution < 1.29 is 13.2 Å². The fourth-order valence-corrected chi connectivity index (χ4v) is 4.71. The van der Waals surface area contributed by atoms with E-state index in [1.54, 1.807) is 12.1 Å². The van der Waals surface area contributed by atoms with Gasteiger partial charge in [-0.15, -0.1) is 11.8 Å². The van der Waals surface area contributed by atoms with Crippen molar-refractivity contribution in [3.63, 3.8) is 0 Å². The average Bonchev–Trinajstić information content (AvgIpc) is 2.70.